The summed E-state index contributed by atoms with van der Waals surface area (Å²) < 4.78 is 18.3. The molecule has 138 valence electrons. The zero-order chi connectivity index (χ0) is 16.1. The normalized spacial score (nSPS) is 14.3. The number of nitrogens with zero attached hydrogens (tertiary/aromatic N) is 3. The Bertz CT molecular complexity index is 652. The van der Waals surface area contributed by atoms with Crippen LogP contribution in [0.2, 0.25) is 0 Å². The van der Waals surface area contributed by atoms with E-state index in [0.29, 0.717) is 0 Å². The minimum absolute atomic E-state index is 0. The van der Waals surface area contributed by atoms with Crippen LogP contribution in [0.5, 0.6) is 0 Å². The lowest BCUT2D eigenvalue weighted by Gasteiger charge is -2.26. The van der Waals surface area contributed by atoms with Crippen molar-refractivity contribution in [3.63, 3.8) is 0 Å². The Balaban J connectivity index is 0.00000156. The molecule has 8 heteroatoms. The van der Waals surface area contributed by atoms with Crippen LogP contribution in [-0.2, 0) is 4.74 Å². The van der Waals surface area contributed by atoms with E-state index in [2.05, 4.69) is 20.4 Å². The third-order valence-corrected chi connectivity index (χ3v) is 3.95. The lowest BCUT2D eigenvalue weighted by molar-refractivity contribution is 0.0398. The predicted molar refractivity (Wildman–Crippen MR) is 102 cm³/mol. The van der Waals surface area contributed by atoms with Crippen LogP contribution in [0.3, 0.4) is 0 Å². The molecule has 1 saturated heterocycles. The number of hydrogen-bond acceptors (Lipinski definition) is 5. The maximum Gasteiger partial charge on any atom is 0.151 e. The number of anilines is 1. The SMILES string of the molecule is Cc1cc(-c2ccc(F)cc2)nnc1NCCN1CCOCC1.Cl.Cl. The van der Waals surface area contributed by atoms with Crippen molar-refractivity contribution in [2.24, 2.45) is 0 Å². The second kappa shape index (κ2) is 10.5. The summed E-state index contributed by atoms with van der Waals surface area (Å²) in [5.74, 6) is 0.545. The number of morpholine rings is 1. The molecule has 1 aromatic heterocycles. The smallest absolute Gasteiger partial charge is 0.151 e. The van der Waals surface area contributed by atoms with Crippen LogP contribution < -0.4 is 5.32 Å². The third-order valence-electron chi connectivity index (χ3n) is 3.95. The molecule has 0 atom stereocenters. The van der Waals surface area contributed by atoms with Crippen molar-refractivity contribution in [3.8, 4) is 11.3 Å². The van der Waals surface area contributed by atoms with Crippen molar-refractivity contribution in [1.29, 1.82) is 0 Å². The van der Waals surface area contributed by atoms with Crippen LogP contribution >= 0.6 is 24.8 Å². The van der Waals surface area contributed by atoms with Gasteiger partial charge in [-0.2, -0.15) is 0 Å². The number of nitrogens with one attached hydrogen (secondary N) is 1. The molecule has 0 radical (unpaired) electrons. The Kier molecular flexibility index (Phi) is 9.06. The molecule has 0 unspecified atom stereocenters. The largest absolute Gasteiger partial charge is 0.379 e. The van der Waals surface area contributed by atoms with Crippen molar-refractivity contribution in [2.45, 2.75) is 6.92 Å². The molecular formula is C17H23Cl2FN4O. The molecule has 25 heavy (non-hydrogen) atoms. The fourth-order valence-corrected chi connectivity index (χ4v) is 2.58. The number of benzene rings is 1. The molecular weight excluding hydrogens is 366 g/mol. The molecule has 0 bridgehead atoms. The topological polar surface area (TPSA) is 50.3 Å². The van der Waals surface area contributed by atoms with Gasteiger partial charge in [0.25, 0.3) is 0 Å². The highest BCUT2D eigenvalue weighted by Crippen LogP contribution is 2.20. The fraction of sp³-hybridized carbons (Fsp3) is 0.412. The highest BCUT2D eigenvalue weighted by atomic mass is 35.5. The highest BCUT2D eigenvalue weighted by molar-refractivity contribution is 5.85. The van der Waals surface area contributed by atoms with Gasteiger partial charge >= 0.3 is 0 Å². The lowest BCUT2D eigenvalue weighted by Crippen LogP contribution is -2.39. The molecule has 0 aliphatic carbocycles. The highest BCUT2D eigenvalue weighted by Gasteiger charge is 2.10. The van der Waals surface area contributed by atoms with E-state index >= 15 is 0 Å². The van der Waals surface area contributed by atoms with E-state index in [9.17, 15) is 4.39 Å². The fourth-order valence-electron chi connectivity index (χ4n) is 2.58. The second-order valence-electron chi connectivity index (χ2n) is 5.65. The number of hydrogen-bond donors (Lipinski definition) is 1. The molecule has 0 spiro atoms. The summed E-state index contributed by atoms with van der Waals surface area (Å²) in [7, 11) is 0. The quantitative estimate of drug-likeness (QED) is 0.852. The number of ether oxygens (including phenoxy) is 1. The number of aromatic nitrogens is 2. The third kappa shape index (κ3) is 6.08. The Hall–Kier alpha value is -1.47. The molecule has 2 aromatic rings. The molecule has 3 rings (SSSR count). The van der Waals surface area contributed by atoms with Gasteiger partial charge in [-0.3, -0.25) is 4.90 Å². The standard InChI is InChI=1S/C17H21FN4O.2ClH/c1-13-12-16(14-2-4-15(18)5-3-14)20-21-17(13)19-6-7-22-8-10-23-11-9-22;;/h2-5,12H,6-11H2,1H3,(H,19,21);2*1H. The van der Waals surface area contributed by atoms with Gasteiger partial charge in [0.15, 0.2) is 5.82 Å². The predicted octanol–water partition coefficient (Wildman–Crippen LogP) is 3.18. The first-order valence-corrected chi connectivity index (χ1v) is 7.86. The molecule has 0 amide bonds. The molecule has 1 aliphatic rings. The number of rotatable bonds is 5. The van der Waals surface area contributed by atoms with E-state index in [0.717, 1.165) is 62.0 Å². The zero-order valence-corrected chi connectivity index (χ0v) is 15.7. The van der Waals surface area contributed by atoms with E-state index in [1.165, 1.54) is 12.1 Å². The summed E-state index contributed by atoms with van der Waals surface area (Å²) >= 11 is 0. The van der Waals surface area contributed by atoms with E-state index < -0.39 is 0 Å². The molecule has 1 fully saturated rings. The van der Waals surface area contributed by atoms with Crippen LogP contribution in [0.15, 0.2) is 30.3 Å². The van der Waals surface area contributed by atoms with E-state index in [-0.39, 0.29) is 30.6 Å². The maximum atomic E-state index is 13.0. The average molecular weight is 389 g/mol. The van der Waals surface area contributed by atoms with E-state index in [1.54, 1.807) is 12.1 Å². The maximum absolute atomic E-state index is 13.0. The Morgan fingerprint density at radius 3 is 2.44 bits per heavy atom. The Morgan fingerprint density at radius 2 is 1.80 bits per heavy atom. The summed E-state index contributed by atoms with van der Waals surface area (Å²) in [4.78, 5) is 2.37. The van der Waals surface area contributed by atoms with Crippen molar-refractivity contribution in [3.05, 3.63) is 41.7 Å². The first kappa shape index (κ1) is 21.6. The summed E-state index contributed by atoms with van der Waals surface area (Å²) in [6.07, 6.45) is 0. The number of halogens is 3. The van der Waals surface area contributed by atoms with Gasteiger partial charge in [-0.05, 0) is 42.8 Å². The molecule has 1 N–H and O–H groups in total. The van der Waals surface area contributed by atoms with Crippen molar-refractivity contribution < 1.29 is 9.13 Å². The summed E-state index contributed by atoms with van der Waals surface area (Å²) in [6.45, 7) is 7.37. The van der Waals surface area contributed by atoms with Gasteiger partial charge in [-0.25, -0.2) is 4.39 Å². The zero-order valence-electron chi connectivity index (χ0n) is 14.1. The van der Waals surface area contributed by atoms with Gasteiger partial charge in [0.05, 0.1) is 18.9 Å². The van der Waals surface area contributed by atoms with E-state index in [1.807, 2.05) is 13.0 Å². The molecule has 5 nitrogen and oxygen atoms in total. The van der Waals surface area contributed by atoms with Crippen LogP contribution in [0.1, 0.15) is 5.56 Å². The Labute approximate surface area is 159 Å². The monoisotopic (exact) mass is 388 g/mol. The van der Waals surface area contributed by atoms with Crippen molar-refractivity contribution in [2.75, 3.05) is 44.7 Å². The van der Waals surface area contributed by atoms with Crippen molar-refractivity contribution in [1.82, 2.24) is 15.1 Å². The van der Waals surface area contributed by atoms with Gasteiger partial charge in [0, 0.05) is 31.7 Å². The van der Waals surface area contributed by atoms with Gasteiger partial charge in [-0.1, -0.05) is 0 Å². The summed E-state index contributed by atoms with van der Waals surface area (Å²) in [5, 5.41) is 11.8. The van der Waals surface area contributed by atoms with Crippen LogP contribution in [0.25, 0.3) is 11.3 Å². The molecule has 2 heterocycles. The van der Waals surface area contributed by atoms with Gasteiger partial charge < -0.3 is 10.1 Å². The molecule has 0 saturated carbocycles. The lowest BCUT2D eigenvalue weighted by atomic mass is 10.1. The Morgan fingerprint density at radius 1 is 1.12 bits per heavy atom. The van der Waals surface area contributed by atoms with Crippen molar-refractivity contribution >= 4 is 30.6 Å². The first-order valence-electron chi connectivity index (χ1n) is 7.86. The van der Waals surface area contributed by atoms with Crippen LogP contribution in [0, 0.1) is 12.7 Å². The minimum Gasteiger partial charge on any atom is -0.379 e. The average Bonchev–Trinajstić information content (AvgIpc) is 2.58. The summed E-state index contributed by atoms with van der Waals surface area (Å²) in [6, 6.07) is 8.26. The van der Waals surface area contributed by atoms with Crippen LogP contribution in [0.4, 0.5) is 10.2 Å². The van der Waals surface area contributed by atoms with Gasteiger partial charge in [0.2, 0.25) is 0 Å². The first-order chi connectivity index (χ1) is 11.2. The van der Waals surface area contributed by atoms with E-state index in [4.69, 9.17) is 4.74 Å². The molecule has 1 aliphatic heterocycles. The van der Waals surface area contributed by atoms with Gasteiger partial charge in [0.1, 0.15) is 5.82 Å². The number of aryl methyl sites for hydroxylation is 1. The minimum atomic E-state index is -0.250. The molecule has 1 aromatic carbocycles. The summed E-state index contributed by atoms with van der Waals surface area (Å²) in [5.41, 5.74) is 2.64. The second-order valence-corrected chi connectivity index (χ2v) is 5.65. The van der Waals surface area contributed by atoms with Gasteiger partial charge in [-0.15, -0.1) is 35.0 Å². The van der Waals surface area contributed by atoms with Crippen LogP contribution in [-0.4, -0.2) is 54.5 Å².